The maximum Gasteiger partial charge on any atom is 0.416 e. The highest BCUT2D eigenvalue weighted by atomic mass is 19.4. The van der Waals surface area contributed by atoms with E-state index in [0.29, 0.717) is 11.5 Å². The second-order valence-electron chi connectivity index (χ2n) is 6.79. The number of primary amides is 1. The molecule has 1 aromatic heterocycles. The average Bonchev–Trinajstić information content (AvgIpc) is 2.67. The fraction of sp³-hybridized carbons (Fsp3) is 0.190. The van der Waals surface area contributed by atoms with Crippen LogP contribution in [0.4, 0.5) is 36.3 Å². The molecule has 0 radical (unpaired) electrons. The standard InChI is InChI=1S/C21H20F3N5O/c1-13(10-18(25)30)14-4-2-6-16(11-14)28-20-26-9-8-19(29-20)27-17-7-3-5-15(12-17)21(22,23)24/h2-9,11-13H,10H2,1H3,(H2,25,30)(H2,26,27,28,29). The van der Waals surface area contributed by atoms with E-state index in [1.807, 2.05) is 31.2 Å². The van der Waals surface area contributed by atoms with Crippen LogP contribution in [0.25, 0.3) is 0 Å². The molecule has 9 heteroatoms. The molecule has 0 saturated heterocycles. The summed E-state index contributed by atoms with van der Waals surface area (Å²) in [4.78, 5) is 19.6. The van der Waals surface area contributed by atoms with E-state index < -0.39 is 11.7 Å². The summed E-state index contributed by atoms with van der Waals surface area (Å²) in [7, 11) is 0. The summed E-state index contributed by atoms with van der Waals surface area (Å²) in [5.74, 6) is 0.188. The molecule has 156 valence electrons. The van der Waals surface area contributed by atoms with Crippen LogP contribution in [0.3, 0.4) is 0 Å². The molecule has 1 heterocycles. The zero-order valence-corrected chi connectivity index (χ0v) is 16.1. The maximum atomic E-state index is 12.9. The molecule has 1 atom stereocenters. The molecule has 4 N–H and O–H groups in total. The van der Waals surface area contributed by atoms with E-state index in [1.54, 1.807) is 6.07 Å². The van der Waals surface area contributed by atoms with Gasteiger partial charge in [-0.15, -0.1) is 0 Å². The van der Waals surface area contributed by atoms with Gasteiger partial charge < -0.3 is 16.4 Å². The van der Waals surface area contributed by atoms with Gasteiger partial charge in [0.25, 0.3) is 0 Å². The largest absolute Gasteiger partial charge is 0.416 e. The molecule has 1 unspecified atom stereocenters. The van der Waals surface area contributed by atoms with E-state index in [0.717, 1.165) is 17.7 Å². The number of hydrogen-bond acceptors (Lipinski definition) is 5. The zero-order chi connectivity index (χ0) is 21.7. The van der Waals surface area contributed by atoms with Crippen molar-refractivity contribution in [2.24, 2.45) is 5.73 Å². The second kappa shape index (κ2) is 8.81. The predicted octanol–water partition coefficient (Wildman–Crippen LogP) is 4.96. The molecule has 0 fully saturated rings. The molecule has 1 amide bonds. The highest BCUT2D eigenvalue weighted by Gasteiger charge is 2.30. The third-order valence-corrected chi connectivity index (χ3v) is 4.34. The maximum absolute atomic E-state index is 12.9. The molecule has 3 aromatic rings. The topological polar surface area (TPSA) is 92.9 Å². The van der Waals surface area contributed by atoms with Crippen molar-refractivity contribution in [2.75, 3.05) is 10.6 Å². The van der Waals surface area contributed by atoms with Crippen LogP contribution in [0.2, 0.25) is 0 Å². The van der Waals surface area contributed by atoms with Crippen molar-refractivity contribution < 1.29 is 18.0 Å². The summed E-state index contributed by atoms with van der Waals surface area (Å²) < 4.78 is 38.6. The van der Waals surface area contributed by atoms with Gasteiger partial charge in [-0.25, -0.2) is 4.98 Å². The van der Waals surface area contributed by atoms with Crippen molar-refractivity contribution in [3.63, 3.8) is 0 Å². The zero-order valence-electron chi connectivity index (χ0n) is 16.1. The summed E-state index contributed by atoms with van der Waals surface area (Å²) in [5.41, 5.74) is 6.41. The molecular formula is C21H20F3N5O. The Hall–Kier alpha value is -3.62. The van der Waals surface area contributed by atoms with Crippen LogP contribution < -0.4 is 16.4 Å². The normalized spacial score (nSPS) is 12.3. The quantitative estimate of drug-likeness (QED) is 0.507. The number of aromatic nitrogens is 2. The minimum atomic E-state index is -4.42. The Morgan fingerprint density at radius 1 is 1.07 bits per heavy atom. The van der Waals surface area contributed by atoms with Crippen molar-refractivity contribution in [3.05, 3.63) is 71.9 Å². The number of carbonyl (C=O) groups is 1. The number of anilines is 4. The van der Waals surface area contributed by atoms with Crippen molar-refractivity contribution in [2.45, 2.75) is 25.4 Å². The molecule has 3 rings (SSSR count). The molecule has 0 spiro atoms. The number of alkyl halides is 3. The van der Waals surface area contributed by atoms with Gasteiger partial charge in [0.2, 0.25) is 11.9 Å². The van der Waals surface area contributed by atoms with Gasteiger partial charge >= 0.3 is 6.18 Å². The first kappa shape index (κ1) is 21.1. The van der Waals surface area contributed by atoms with E-state index in [1.165, 1.54) is 18.3 Å². The van der Waals surface area contributed by atoms with Gasteiger partial charge in [-0.1, -0.05) is 25.1 Å². The van der Waals surface area contributed by atoms with Crippen LogP contribution >= 0.6 is 0 Å². The van der Waals surface area contributed by atoms with Crippen LogP contribution in [0.5, 0.6) is 0 Å². The summed E-state index contributed by atoms with van der Waals surface area (Å²) in [6.45, 7) is 1.90. The predicted molar refractivity (Wildman–Crippen MR) is 109 cm³/mol. The van der Waals surface area contributed by atoms with E-state index in [2.05, 4.69) is 20.6 Å². The minimum absolute atomic E-state index is 0.0425. The molecule has 0 aliphatic heterocycles. The van der Waals surface area contributed by atoms with Gasteiger partial charge in [0.15, 0.2) is 0 Å². The Kier molecular flexibility index (Phi) is 6.20. The molecular weight excluding hydrogens is 395 g/mol. The molecule has 2 aromatic carbocycles. The number of nitrogens with one attached hydrogen (secondary N) is 2. The fourth-order valence-electron chi connectivity index (χ4n) is 2.88. The Morgan fingerprint density at radius 2 is 1.77 bits per heavy atom. The van der Waals surface area contributed by atoms with E-state index in [9.17, 15) is 18.0 Å². The lowest BCUT2D eigenvalue weighted by Crippen LogP contribution is -2.13. The van der Waals surface area contributed by atoms with Crippen molar-refractivity contribution in [1.82, 2.24) is 9.97 Å². The number of halogens is 3. The lowest BCUT2D eigenvalue weighted by atomic mass is 9.97. The van der Waals surface area contributed by atoms with Gasteiger partial charge in [0.1, 0.15) is 5.82 Å². The lowest BCUT2D eigenvalue weighted by Gasteiger charge is -2.13. The third kappa shape index (κ3) is 5.69. The Balaban J connectivity index is 1.74. The van der Waals surface area contributed by atoms with Crippen LogP contribution in [-0.4, -0.2) is 15.9 Å². The van der Waals surface area contributed by atoms with Crippen molar-refractivity contribution in [3.8, 4) is 0 Å². The number of nitrogens with two attached hydrogens (primary N) is 1. The summed E-state index contributed by atoms with van der Waals surface area (Å²) in [6.07, 6.45) is -2.70. The molecule has 0 bridgehead atoms. The van der Waals surface area contributed by atoms with Gasteiger partial charge in [0, 0.05) is 24.0 Å². The van der Waals surface area contributed by atoms with Crippen molar-refractivity contribution in [1.29, 1.82) is 0 Å². The fourth-order valence-corrected chi connectivity index (χ4v) is 2.88. The van der Waals surface area contributed by atoms with E-state index in [-0.39, 0.29) is 29.9 Å². The van der Waals surface area contributed by atoms with Crippen LogP contribution in [-0.2, 0) is 11.0 Å². The van der Waals surface area contributed by atoms with E-state index >= 15 is 0 Å². The summed E-state index contributed by atoms with van der Waals surface area (Å²) in [6, 6.07) is 13.8. The lowest BCUT2D eigenvalue weighted by molar-refractivity contribution is -0.137. The summed E-state index contributed by atoms with van der Waals surface area (Å²) in [5, 5.41) is 5.91. The Bertz CT molecular complexity index is 1040. The van der Waals surface area contributed by atoms with Crippen LogP contribution in [0.1, 0.15) is 30.4 Å². The SMILES string of the molecule is CC(CC(N)=O)c1cccc(Nc2nccc(Nc3cccc(C(F)(F)F)c3)n2)c1. The molecule has 6 nitrogen and oxygen atoms in total. The average molecular weight is 415 g/mol. The molecule has 0 aliphatic rings. The second-order valence-corrected chi connectivity index (χ2v) is 6.79. The van der Waals surface area contributed by atoms with Crippen molar-refractivity contribution >= 4 is 29.0 Å². The highest BCUT2D eigenvalue weighted by Crippen LogP contribution is 2.31. The number of carbonyl (C=O) groups excluding carboxylic acids is 1. The van der Waals surface area contributed by atoms with Crippen LogP contribution in [0.15, 0.2) is 60.8 Å². The third-order valence-electron chi connectivity index (χ3n) is 4.34. The van der Waals surface area contributed by atoms with Gasteiger partial charge in [-0.2, -0.15) is 18.2 Å². The Morgan fingerprint density at radius 3 is 2.47 bits per heavy atom. The van der Waals surface area contributed by atoms with Gasteiger partial charge in [0.05, 0.1) is 5.56 Å². The number of benzene rings is 2. The number of hydrogen-bond donors (Lipinski definition) is 3. The first-order valence-electron chi connectivity index (χ1n) is 9.13. The number of amides is 1. The molecule has 0 saturated carbocycles. The van der Waals surface area contributed by atoms with E-state index in [4.69, 9.17) is 5.73 Å². The Labute approximate surface area is 171 Å². The summed E-state index contributed by atoms with van der Waals surface area (Å²) >= 11 is 0. The molecule has 30 heavy (non-hydrogen) atoms. The van der Waals surface area contributed by atoms with Gasteiger partial charge in [-0.3, -0.25) is 4.79 Å². The first-order chi connectivity index (χ1) is 14.2. The highest BCUT2D eigenvalue weighted by molar-refractivity contribution is 5.74. The number of nitrogens with zero attached hydrogens (tertiary/aromatic N) is 2. The monoisotopic (exact) mass is 415 g/mol. The smallest absolute Gasteiger partial charge is 0.370 e. The van der Waals surface area contributed by atoms with Gasteiger partial charge in [-0.05, 0) is 47.9 Å². The minimum Gasteiger partial charge on any atom is -0.370 e. The number of rotatable bonds is 7. The van der Waals surface area contributed by atoms with Crippen LogP contribution in [0, 0.1) is 0 Å². The molecule has 0 aliphatic carbocycles. The first-order valence-corrected chi connectivity index (χ1v) is 9.13.